The van der Waals surface area contributed by atoms with Gasteiger partial charge < -0.3 is 25.1 Å². The number of ether oxygens (including phenoxy) is 1. The van der Waals surface area contributed by atoms with Crippen LogP contribution in [0.4, 0.5) is 0 Å². The fourth-order valence-corrected chi connectivity index (χ4v) is 9.82. The number of aliphatic carboxylic acids is 1. The molecule has 2 unspecified atom stereocenters. The summed E-state index contributed by atoms with van der Waals surface area (Å²) in [6, 6.07) is 5.77. The molecule has 3 aromatic rings. The van der Waals surface area contributed by atoms with Crippen LogP contribution in [0, 0.1) is 19.8 Å². The van der Waals surface area contributed by atoms with Crippen molar-refractivity contribution in [3.8, 4) is 0 Å². The molecule has 1 amide bonds. The largest absolute Gasteiger partial charge is 0.481 e. The average Bonchev–Trinajstić information content (AvgIpc) is 4.09. The fourth-order valence-electron chi connectivity index (χ4n) is 9.82. The van der Waals surface area contributed by atoms with Crippen LogP contribution in [0.5, 0.6) is 0 Å². The van der Waals surface area contributed by atoms with E-state index in [0.29, 0.717) is 80.7 Å². The van der Waals surface area contributed by atoms with Crippen molar-refractivity contribution >= 4 is 63.5 Å². The summed E-state index contributed by atoms with van der Waals surface area (Å²) >= 11 is 0. The minimum absolute atomic E-state index is 0.0515. The number of hydrogen-bond donors (Lipinski definition) is 4. The highest BCUT2D eigenvalue weighted by Gasteiger charge is 2.45. The van der Waals surface area contributed by atoms with Crippen molar-refractivity contribution in [1.82, 2.24) is 25.3 Å². The first-order chi connectivity index (χ1) is 30.9. The van der Waals surface area contributed by atoms with E-state index >= 15 is 0 Å². The molecule has 0 radical (unpaired) electrons. The number of aliphatic imine (C=N–C) groups is 1. The van der Waals surface area contributed by atoms with E-state index in [9.17, 15) is 33.9 Å². The molecule has 7 rings (SSSR count). The van der Waals surface area contributed by atoms with Crippen molar-refractivity contribution < 1.29 is 38.6 Å². The standard InChI is InChI=1S/C49H58N8O8/c1-10-29-23(4)32-21-37-40(27(8)58)25(6)34(53-37)19-33-24(5)30(44(54-33)42-43(49(64)65-9)47(61)41-26(7)35(55-46(41)42)20-36(29)52-32)13-14-39(60)50-16-11-12-28(48(62)63)18-38(59)45-31(15-17-51-45)57-56-22(2)3/h17,19-24,28-30,43,53,55H,10-16,18H2,1-9H3,(H,50,60)(H,62,63)/t23-,24+,28?,29-,30+,43?/m0/s1. The topological polar surface area (TPSA) is 238 Å². The molecule has 8 bridgehead atoms. The van der Waals surface area contributed by atoms with E-state index in [1.807, 2.05) is 52.8 Å². The molecule has 16 nitrogen and oxygen atoms in total. The van der Waals surface area contributed by atoms with Gasteiger partial charge in [0.05, 0.1) is 41.5 Å². The number of allylic oxidation sites excluding steroid dienone is 2. The number of aryl methyl sites for hydroxylation is 2. The molecule has 0 saturated carbocycles. The van der Waals surface area contributed by atoms with Crippen LogP contribution < -0.4 is 5.32 Å². The molecule has 0 saturated heterocycles. The highest BCUT2D eigenvalue weighted by Crippen LogP contribution is 2.48. The monoisotopic (exact) mass is 886 g/mol. The number of fused-ring (bicyclic) bond motifs is 8. The molecule has 0 spiro atoms. The molecular weight excluding hydrogens is 829 g/mol. The third-order valence-corrected chi connectivity index (χ3v) is 13.4. The van der Waals surface area contributed by atoms with Gasteiger partial charge in [0.1, 0.15) is 11.6 Å². The summed E-state index contributed by atoms with van der Waals surface area (Å²) in [5.41, 5.74) is 8.70. The first-order valence-electron chi connectivity index (χ1n) is 22.5. The smallest absolute Gasteiger partial charge is 0.321 e. The zero-order valence-corrected chi connectivity index (χ0v) is 38.5. The number of carboxylic acid groups (broad SMARTS) is 1. The number of aromatic nitrogens is 4. The second-order valence-corrected chi connectivity index (χ2v) is 18.0. The number of H-pyrrole nitrogens is 2. The Morgan fingerprint density at radius 2 is 1.63 bits per heavy atom. The van der Waals surface area contributed by atoms with Crippen LogP contribution in [0.2, 0.25) is 0 Å². The second-order valence-electron chi connectivity index (χ2n) is 18.0. The van der Waals surface area contributed by atoms with Crippen molar-refractivity contribution in [3.05, 3.63) is 80.2 Å². The third kappa shape index (κ3) is 8.99. The molecule has 0 fully saturated rings. The van der Waals surface area contributed by atoms with E-state index in [1.165, 1.54) is 7.11 Å². The maximum atomic E-state index is 14.4. The van der Waals surface area contributed by atoms with Gasteiger partial charge in [0.25, 0.3) is 0 Å². The number of carboxylic acids is 1. The first kappa shape index (κ1) is 46.5. The van der Waals surface area contributed by atoms with Gasteiger partial charge in [0.2, 0.25) is 5.91 Å². The summed E-state index contributed by atoms with van der Waals surface area (Å²) in [5, 5.41) is 21.1. The van der Waals surface area contributed by atoms with E-state index in [4.69, 9.17) is 14.7 Å². The number of carbonyl (C=O) groups is 6. The summed E-state index contributed by atoms with van der Waals surface area (Å²) < 4.78 is 5.24. The Labute approximate surface area is 377 Å². The van der Waals surface area contributed by atoms with Crippen LogP contribution in [0.15, 0.2) is 44.8 Å². The number of aromatic amines is 2. The zero-order valence-electron chi connectivity index (χ0n) is 38.5. The summed E-state index contributed by atoms with van der Waals surface area (Å²) in [6.07, 6.45) is 3.29. The maximum absolute atomic E-state index is 14.4. The molecule has 342 valence electrons. The van der Waals surface area contributed by atoms with Gasteiger partial charge in [0, 0.05) is 100 Å². The molecule has 1 aliphatic carbocycles. The Morgan fingerprint density at radius 3 is 2.31 bits per heavy atom. The Kier molecular flexibility index (Phi) is 13.6. The highest BCUT2D eigenvalue weighted by atomic mass is 16.5. The number of ketones is 3. The van der Waals surface area contributed by atoms with Gasteiger partial charge >= 0.3 is 11.9 Å². The van der Waals surface area contributed by atoms with Gasteiger partial charge in [-0.05, 0) is 89.6 Å². The number of nitrogens with one attached hydrogen (secondary N) is 3. The molecule has 3 aromatic heterocycles. The van der Waals surface area contributed by atoms with Crippen molar-refractivity contribution in [1.29, 1.82) is 0 Å². The number of hydrogen-bond acceptors (Lipinski definition) is 12. The van der Waals surface area contributed by atoms with Crippen molar-refractivity contribution in [2.45, 2.75) is 136 Å². The summed E-state index contributed by atoms with van der Waals surface area (Å²) in [4.78, 5) is 101. The number of azo groups is 1. The maximum Gasteiger partial charge on any atom is 0.321 e. The minimum atomic E-state index is -1.28. The van der Waals surface area contributed by atoms with E-state index < -0.39 is 41.3 Å². The van der Waals surface area contributed by atoms with Gasteiger partial charge in [-0.3, -0.25) is 43.7 Å². The summed E-state index contributed by atoms with van der Waals surface area (Å²) in [7, 11) is 1.25. The molecular formula is C49H58N8O8. The van der Waals surface area contributed by atoms with Crippen molar-refractivity contribution in [3.63, 3.8) is 0 Å². The second kappa shape index (κ2) is 18.9. The number of Topliss-reactive ketones (excluding diaryl/α,β-unsaturated/α-hetero) is 3. The van der Waals surface area contributed by atoms with Crippen LogP contribution >= 0.6 is 0 Å². The Morgan fingerprint density at radius 1 is 0.954 bits per heavy atom. The number of carbonyl (C=O) groups excluding carboxylic acids is 5. The Hall–Kier alpha value is -6.45. The molecule has 0 aromatic carbocycles. The number of nitrogens with zero attached hydrogens (tertiary/aromatic N) is 5. The molecule has 6 heterocycles. The fraction of sp³-hybridized carbons (Fsp3) is 0.490. The number of methoxy groups -OCH3 is 1. The lowest BCUT2D eigenvalue weighted by atomic mass is 9.84. The number of rotatable bonds is 16. The lowest BCUT2D eigenvalue weighted by molar-refractivity contribution is -0.143. The van der Waals surface area contributed by atoms with Crippen molar-refractivity contribution in [2.24, 2.45) is 21.1 Å². The molecule has 4 N–H and O–H groups in total. The first-order valence-corrected chi connectivity index (χ1v) is 22.5. The van der Waals surface area contributed by atoms with E-state index in [0.717, 1.165) is 23.4 Å². The van der Waals surface area contributed by atoms with Crippen molar-refractivity contribution in [2.75, 3.05) is 13.7 Å². The normalized spacial score (nSPS) is 20.6. The van der Waals surface area contributed by atoms with Gasteiger partial charge in [-0.15, -0.1) is 0 Å². The van der Waals surface area contributed by atoms with E-state index in [1.54, 1.807) is 13.1 Å². The number of esters is 1. The van der Waals surface area contributed by atoms with Gasteiger partial charge in [-0.1, -0.05) is 20.8 Å². The lowest BCUT2D eigenvalue weighted by Crippen LogP contribution is -2.26. The molecule has 3 aliphatic heterocycles. The number of amides is 1. The molecule has 4 aliphatic rings. The molecule has 65 heavy (non-hydrogen) atoms. The summed E-state index contributed by atoms with van der Waals surface area (Å²) in [6.45, 7) is 15.4. The zero-order chi connectivity index (χ0) is 47.0. The van der Waals surface area contributed by atoms with Crippen LogP contribution in [-0.4, -0.2) is 86.1 Å². The Bertz CT molecular complexity index is 2760. The highest BCUT2D eigenvalue weighted by molar-refractivity contribution is 6.23. The third-order valence-electron chi connectivity index (χ3n) is 13.4. The lowest BCUT2D eigenvalue weighted by Gasteiger charge is -2.19. The van der Waals surface area contributed by atoms with Crippen LogP contribution in [0.25, 0.3) is 22.1 Å². The van der Waals surface area contributed by atoms with E-state index in [-0.39, 0.29) is 67.0 Å². The Balaban J connectivity index is 1.21. The quantitative estimate of drug-likeness (QED) is 0.0351. The van der Waals surface area contributed by atoms with E-state index in [2.05, 4.69) is 44.4 Å². The van der Waals surface area contributed by atoms with Crippen LogP contribution in [0.3, 0.4) is 0 Å². The van der Waals surface area contributed by atoms with Gasteiger partial charge in [-0.25, -0.2) is 0 Å². The SMILES string of the molecule is CC[C@@H]1c2cc3[nH]c4c(c3C)C(=O)C(C(=O)OC)c4c3nc(cc4[nH]c(cc(n2)[C@H]1C)c(C(C)=O)c4C)[C@H](C)[C@H]3CCC(=O)NCCCC(CC(=O)C1=C(N=NC(C)C)CC=N1)C(=O)O. The predicted octanol–water partition coefficient (Wildman–Crippen LogP) is 8.66. The minimum Gasteiger partial charge on any atom is -0.481 e. The average molecular weight is 887 g/mol. The molecule has 16 heteroatoms. The van der Waals surface area contributed by atoms with Crippen LogP contribution in [0.1, 0.15) is 176 Å². The molecule has 6 atom stereocenters. The predicted molar refractivity (Wildman–Crippen MR) is 245 cm³/mol. The van der Waals surface area contributed by atoms with Crippen LogP contribution in [-0.2, 0) is 23.9 Å². The van der Waals surface area contributed by atoms with Gasteiger partial charge in [-0.2, -0.15) is 10.2 Å². The summed E-state index contributed by atoms with van der Waals surface area (Å²) in [5.74, 6) is -5.85. The van der Waals surface area contributed by atoms with Gasteiger partial charge in [0.15, 0.2) is 17.3 Å².